The van der Waals surface area contributed by atoms with Gasteiger partial charge in [0.15, 0.2) is 11.6 Å². The number of halogens is 5. The van der Waals surface area contributed by atoms with Gasteiger partial charge < -0.3 is 10.6 Å². The average Bonchev–Trinajstić information content (AvgIpc) is 2.39. The number of nitrogens with one attached hydrogen (secondary N) is 2. The van der Waals surface area contributed by atoms with Crippen LogP contribution in [0.2, 0.25) is 5.02 Å². The fraction of sp³-hybridized carbons (Fsp3) is 0.167. The smallest absolute Gasteiger partial charge is 0.357 e. The van der Waals surface area contributed by atoms with E-state index < -0.39 is 17.6 Å². The first kappa shape index (κ1) is 15.3. The summed E-state index contributed by atoms with van der Waals surface area (Å²) in [6, 6.07) is 2.83. The zero-order valence-corrected chi connectivity index (χ0v) is 11.3. The van der Waals surface area contributed by atoms with Gasteiger partial charge >= 0.3 is 6.18 Å². The summed E-state index contributed by atoms with van der Waals surface area (Å²) in [5.41, 5.74) is -0.977. The minimum absolute atomic E-state index is 0.0329. The van der Waals surface area contributed by atoms with Crippen LogP contribution >= 0.6 is 11.6 Å². The van der Waals surface area contributed by atoms with Crippen molar-refractivity contribution in [3.63, 3.8) is 0 Å². The van der Waals surface area contributed by atoms with Crippen LogP contribution in [0.4, 0.5) is 35.0 Å². The zero-order valence-electron chi connectivity index (χ0n) is 10.6. The number of benzene rings is 1. The summed E-state index contributed by atoms with van der Waals surface area (Å²) >= 11 is 5.64. The Morgan fingerprint density at radius 1 is 1.19 bits per heavy atom. The minimum Gasteiger partial charge on any atom is -0.357 e. The Balaban J connectivity index is 2.38. The maximum atomic E-state index is 13.6. The summed E-state index contributed by atoms with van der Waals surface area (Å²) < 4.78 is 51.6. The highest BCUT2D eigenvalue weighted by Crippen LogP contribution is 2.34. The van der Waals surface area contributed by atoms with Crippen molar-refractivity contribution in [2.24, 2.45) is 0 Å². The van der Waals surface area contributed by atoms with Crippen molar-refractivity contribution in [1.82, 2.24) is 9.97 Å². The van der Waals surface area contributed by atoms with Gasteiger partial charge in [0.05, 0.1) is 11.8 Å². The van der Waals surface area contributed by atoms with Gasteiger partial charge in [-0.3, -0.25) is 0 Å². The molecule has 9 heteroatoms. The third-order valence-corrected chi connectivity index (χ3v) is 2.67. The molecule has 0 saturated heterocycles. The van der Waals surface area contributed by atoms with Gasteiger partial charge in [0.25, 0.3) is 0 Å². The molecule has 0 unspecified atom stereocenters. The van der Waals surface area contributed by atoms with E-state index in [-0.39, 0.29) is 22.5 Å². The van der Waals surface area contributed by atoms with E-state index in [1.54, 1.807) is 0 Å². The summed E-state index contributed by atoms with van der Waals surface area (Å²) in [4.78, 5) is 7.41. The summed E-state index contributed by atoms with van der Waals surface area (Å²) in [7, 11) is 1.53. The second-order valence-corrected chi connectivity index (χ2v) is 4.43. The van der Waals surface area contributed by atoms with E-state index in [0.717, 1.165) is 18.3 Å². The van der Waals surface area contributed by atoms with Gasteiger partial charge in [0, 0.05) is 17.8 Å². The molecule has 1 heterocycles. The van der Waals surface area contributed by atoms with Gasteiger partial charge in [-0.05, 0) is 18.2 Å². The van der Waals surface area contributed by atoms with Gasteiger partial charge in [0.1, 0.15) is 0 Å². The molecule has 0 aliphatic heterocycles. The van der Waals surface area contributed by atoms with Crippen LogP contribution < -0.4 is 10.6 Å². The topological polar surface area (TPSA) is 49.8 Å². The lowest BCUT2D eigenvalue weighted by molar-refractivity contribution is -0.137. The Morgan fingerprint density at radius 2 is 1.90 bits per heavy atom. The van der Waals surface area contributed by atoms with E-state index in [0.29, 0.717) is 0 Å². The lowest BCUT2D eigenvalue weighted by Crippen LogP contribution is -2.07. The fourth-order valence-corrected chi connectivity index (χ4v) is 1.77. The standard InChI is InChI=1S/C12H9ClF4N4/c1-18-11-19-5-9(14)10(21-11)20-8-3-6(12(15,16)17)2-7(13)4-8/h2-5H,1H3,(H2,18,19,20,21). The fourth-order valence-electron chi connectivity index (χ4n) is 1.54. The maximum Gasteiger partial charge on any atom is 0.416 e. The predicted molar refractivity (Wildman–Crippen MR) is 71.3 cm³/mol. The molecule has 0 amide bonds. The number of anilines is 3. The normalized spacial score (nSPS) is 11.3. The Bertz CT molecular complexity index is 660. The molecule has 0 saturated carbocycles. The van der Waals surface area contributed by atoms with Gasteiger partial charge in [-0.15, -0.1) is 0 Å². The second-order valence-electron chi connectivity index (χ2n) is 3.99. The first-order valence-corrected chi connectivity index (χ1v) is 6.02. The molecule has 4 nitrogen and oxygen atoms in total. The second kappa shape index (κ2) is 5.72. The van der Waals surface area contributed by atoms with E-state index >= 15 is 0 Å². The van der Waals surface area contributed by atoms with Crippen molar-refractivity contribution in [3.8, 4) is 0 Å². The van der Waals surface area contributed by atoms with Gasteiger partial charge in [0.2, 0.25) is 5.95 Å². The van der Waals surface area contributed by atoms with E-state index in [9.17, 15) is 17.6 Å². The molecular formula is C12H9ClF4N4. The number of aromatic nitrogens is 2. The summed E-state index contributed by atoms with van der Waals surface area (Å²) in [5.74, 6) is -0.941. The molecule has 0 aliphatic rings. The Labute approximate surface area is 122 Å². The van der Waals surface area contributed by atoms with Crippen LogP contribution in [-0.4, -0.2) is 17.0 Å². The third-order valence-electron chi connectivity index (χ3n) is 2.46. The first-order valence-electron chi connectivity index (χ1n) is 5.64. The number of rotatable bonds is 3. The Hall–Kier alpha value is -2.09. The van der Waals surface area contributed by atoms with Gasteiger partial charge in [-0.25, -0.2) is 9.37 Å². The van der Waals surface area contributed by atoms with Crippen LogP contribution in [0.5, 0.6) is 0 Å². The largest absolute Gasteiger partial charge is 0.416 e. The van der Waals surface area contributed by atoms with Crippen LogP contribution in [0, 0.1) is 5.82 Å². The lowest BCUT2D eigenvalue weighted by Gasteiger charge is -2.12. The quantitative estimate of drug-likeness (QED) is 0.837. The molecule has 112 valence electrons. The molecule has 0 radical (unpaired) electrons. The minimum atomic E-state index is -4.55. The third kappa shape index (κ3) is 3.72. The highest BCUT2D eigenvalue weighted by atomic mass is 35.5. The highest BCUT2D eigenvalue weighted by Gasteiger charge is 2.31. The van der Waals surface area contributed by atoms with Crippen LogP contribution in [0.25, 0.3) is 0 Å². The summed E-state index contributed by atoms with van der Waals surface area (Å²) in [5, 5.41) is 4.91. The SMILES string of the molecule is CNc1ncc(F)c(Nc2cc(Cl)cc(C(F)(F)F)c2)n1. The van der Waals surface area contributed by atoms with Gasteiger partial charge in [-0.2, -0.15) is 18.2 Å². The highest BCUT2D eigenvalue weighted by molar-refractivity contribution is 6.31. The number of hydrogen-bond acceptors (Lipinski definition) is 4. The van der Waals surface area contributed by atoms with Crippen LogP contribution in [0.15, 0.2) is 24.4 Å². The maximum absolute atomic E-state index is 13.6. The van der Waals surface area contributed by atoms with E-state index in [1.807, 2.05) is 0 Å². The Kier molecular flexibility index (Phi) is 4.17. The van der Waals surface area contributed by atoms with E-state index in [4.69, 9.17) is 11.6 Å². The molecule has 0 fully saturated rings. The number of nitrogens with zero attached hydrogens (tertiary/aromatic N) is 2. The van der Waals surface area contributed by atoms with Crippen LogP contribution in [0.1, 0.15) is 5.56 Å². The van der Waals surface area contributed by atoms with Crippen molar-refractivity contribution < 1.29 is 17.6 Å². The predicted octanol–water partition coefficient (Wildman–Crippen LogP) is 4.07. The monoisotopic (exact) mass is 320 g/mol. The molecule has 2 N–H and O–H groups in total. The van der Waals surface area contributed by atoms with Crippen molar-refractivity contribution in [1.29, 1.82) is 0 Å². The van der Waals surface area contributed by atoms with E-state index in [2.05, 4.69) is 20.6 Å². The van der Waals surface area contributed by atoms with Crippen molar-refractivity contribution in [2.45, 2.75) is 6.18 Å². The number of alkyl halides is 3. The van der Waals surface area contributed by atoms with Crippen LogP contribution in [-0.2, 0) is 6.18 Å². The molecule has 1 aromatic carbocycles. The molecule has 0 aliphatic carbocycles. The van der Waals surface area contributed by atoms with Crippen molar-refractivity contribution in [2.75, 3.05) is 17.7 Å². The molecule has 2 rings (SSSR count). The molecule has 1 aromatic heterocycles. The van der Waals surface area contributed by atoms with Crippen molar-refractivity contribution in [3.05, 3.63) is 40.8 Å². The Morgan fingerprint density at radius 3 is 2.52 bits per heavy atom. The summed E-state index contributed by atoms with van der Waals surface area (Å²) in [6.07, 6.45) is -3.65. The van der Waals surface area contributed by atoms with Crippen LogP contribution in [0.3, 0.4) is 0 Å². The molecule has 0 atom stereocenters. The molecule has 0 spiro atoms. The lowest BCUT2D eigenvalue weighted by atomic mass is 10.2. The summed E-state index contributed by atoms with van der Waals surface area (Å²) in [6.45, 7) is 0. The number of hydrogen-bond donors (Lipinski definition) is 2. The van der Waals surface area contributed by atoms with Crippen molar-refractivity contribution >= 4 is 29.1 Å². The average molecular weight is 321 g/mol. The van der Waals surface area contributed by atoms with E-state index in [1.165, 1.54) is 13.1 Å². The van der Waals surface area contributed by atoms with Gasteiger partial charge in [-0.1, -0.05) is 11.6 Å². The molecular weight excluding hydrogens is 312 g/mol. The first-order chi connectivity index (χ1) is 9.79. The zero-order chi connectivity index (χ0) is 15.6. The molecule has 21 heavy (non-hydrogen) atoms. The molecule has 2 aromatic rings. The molecule has 0 bridgehead atoms.